The molecule has 0 aliphatic heterocycles. The lowest BCUT2D eigenvalue weighted by atomic mass is 10.2. The van der Waals surface area contributed by atoms with E-state index in [1.807, 2.05) is 0 Å². The molecule has 0 saturated heterocycles. The second-order valence-electron chi connectivity index (χ2n) is 4.52. The minimum atomic E-state index is 0.728. The highest BCUT2D eigenvalue weighted by atomic mass is 32.1. The molecule has 2 N–H and O–H groups in total. The summed E-state index contributed by atoms with van der Waals surface area (Å²) < 4.78 is 0. The van der Waals surface area contributed by atoms with E-state index >= 15 is 0 Å². The lowest BCUT2D eigenvalue weighted by molar-refractivity contribution is 0.536. The summed E-state index contributed by atoms with van der Waals surface area (Å²) in [5.74, 6) is 0.728. The van der Waals surface area contributed by atoms with Crippen molar-refractivity contribution in [2.75, 3.05) is 19.6 Å². The Bertz CT molecular complexity index is 307. The third kappa shape index (κ3) is 5.05. The molecule has 0 bridgehead atoms. The Labute approximate surface area is 103 Å². The van der Waals surface area contributed by atoms with E-state index in [4.69, 9.17) is 0 Å². The van der Waals surface area contributed by atoms with E-state index in [2.05, 4.69) is 43.3 Å². The first-order valence-corrected chi connectivity index (χ1v) is 6.75. The first-order valence-electron chi connectivity index (χ1n) is 5.94. The van der Waals surface area contributed by atoms with E-state index in [9.17, 15) is 0 Å². The zero-order valence-corrected chi connectivity index (χ0v) is 11.6. The molecule has 0 spiro atoms. The average Bonchev–Trinajstić information content (AvgIpc) is 2.50. The summed E-state index contributed by atoms with van der Waals surface area (Å²) in [4.78, 5) is 5.77. The standard InChI is InChI=1S/C12H23N3S/c1-9(2)7-13-5-6-14-8-12-10(3)15-11(4)16-12/h9,13-14H,5-8H2,1-4H3. The van der Waals surface area contributed by atoms with E-state index in [1.54, 1.807) is 11.3 Å². The van der Waals surface area contributed by atoms with E-state index in [0.29, 0.717) is 0 Å². The first kappa shape index (κ1) is 13.6. The normalized spacial score (nSPS) is 11.3. The van der Waals surface area contributed by atoms with Gasteiger partial charge in [0.25, 0.3) is 0 Å². The van der Waals surface area contributed by atoms with Gasteiger partial charge < -0.3 is 10.6 Å². The second kappa shape index (κ2) is 6.99. The van der Waals surface area contributed by atoms with Gasteiger partial charge in [-0.15, -0.1) is 11.3 Å². The molecule has 92 valence electrons. The SMILES string of the molecule is Cc1nc(C)c(CNCCNCC(C)C)s1. The van der Waals surface area contributed by atoms with Crippen molar-refractivity contribution in [1.29, 1.82) is 0 Å². The second-order valence-corrected chi connectivity index (χ2v) is 5.80. The van der Waals surface area contributed by atoms with Gasteiger partial charge in [-0.2, -0.15) is 0 Å². The molecule has 1 aromatic heterocycles. The lowest BCUT2D eigenvalue weighted by Gasteiger charge is -2.07. The lowest BCUT2D eigenvalue weighted by Crippen LogP contribution is -2.29. The summed E-state index contributed by atoms with van der Waals surface area (Å²) in [6.45, 7) is 12.7. The van der Waals surface area contributed by atoms with Crippen LogP contribution in [-0.2, 0) is 6.54 Å². The first-order chi connectivity index (χ1) is 7.59. The van der Waals surface area contributed by atoms with Crippen LogP contribution < -0.4 is 10.6 Å². The predicted molar refractivity (Wildman–Crippen MR) is 71.0 cm³/mol. The summed E-state index contributed by atoms with van der Waals surface area (Å²) in [5.41, 5.74) is 1.17. The van der Waals surface area contributed by atoms with Crippen LogP contribution in [0.4, 0.5) is 0 Å². The van der Waals surface area contributed by atoms with Crippen molar-refractivity contribution >= 4 is 11.3 Å². The molecule has 16 heavy (non-hydrogen) atoms. The van der Waals surface area contributed by atoms with E-state index in [0.717, 1.165) is 37.1 Å². The Kier molecular flexibility index (Phi) is 5.95. The Hall–Kier alpha value is -0.450. The van der Waals surface area contributed by atoms with Crippen LogP contribution in [0.2, 0.25) is 0 Å². The molecule has 0 radical (unpaired) electrons. The van der Waals surface area contributed by atoms with Gasteiger partial charge in [0.15, 0.2) is 0 Å². The molecule has 3 nitrogen and oxygen atoms in total. The number of rotatable bonds is 7. The zero-order chi connectivity index (χ0) is 12.0. The Morgan fingerprint density at radius 2 is 1.88 bits per heavy atom. The number of nitrogens with zero attached hydrogens (tertiary/aromatic N) is 1. The highest BCUT2D eigenvalue weighted by Gasteiger charge is 2.03. The average molecular weight is 241 g/mol. The van der Waals surface area contributed by atoms with Crippen LogP contribution in [0.15, 0.2) is 0 Å². The van der Waals surface area contributed by atoms with Gasteiger partial charge in [-0.05, 0) is 26.3 Å². The zero-order valence-electron chi connectivity index (χ0n) is 10.8. The minimum Gasteiger partial charge on any atom is -0.315 e. The maximum atomic E-state index is 4.41. The van der Waals surface area contributed by atoms with Gasteiger partial charge in [0.1, 0.15) is 0 Å². The smallest absolute Gasteiger partial charge is 0.0900 e. The Morgan fingerprint density at radius 1 is 1.19 bits per heavy atom. The summed E-state index contributed by atoms with van der Waals surface area (Å²) in [6, 6.07) is 0. The van der Waals surface area contributed by atoms with Crippen LogP contribution in [0.3, 0.4) is 0 Å². The van der Waals surface area contributed by atoms with Gasteiger partial charge in [0.2, 0.25) is 0 Å². The topological polar surface area (TPSA) is 37.0 Å². The number of aromatic nitrogens is 1. The molecule has 0 atom stereocenters. The Morgan fingerprint density at radius 3 is 2.44 bits per heavy atom. The van der Waals surface area contributed by atoms with Crippen molar-refractivity contribution in [2.45, 2.75) is 34.2 Å². The number of thiazole rings is 1. The van der Waals surface area contributed by atoms with Crippen molar-refractivity contribution in [3.63, 3.8) is 0 Å². The number of hydrogen-bond acceptors (Lipinski definition) is 4. The molecule has 0 aromatic carbocycles. The maximum absolute atomic E-state index is 4.41. The number of nitrogens with one attached hydrogen (secondary N) is 2. The molecule has 0 amide bonds. The predicted octanol–water partition coefficient (Wildman–Crippen LogP) is 2.10. The van der Waals surface area contributed by atoms with Crippen molar-refractivity contribution in [1.82, 2.24) is 15.6 Å². The molecule has 1 rings (SSSR count). The van der Waals surface area contributed by atoms with Gasteiger partial charge in [-0.25, -0.2) is 4.98 Å². The summed E-state index contributed by atoms with van der Waals surface area (Å²) >= 11 is 1.79. The molecule has 4 heteroatoms. The fraction of sp³-hybridized carbons (Fsp3) is 0.750. The highest BCUT2D eigenvalue weighted by Crippen LogP contribution is 2.16. The largest absolute Gasteiger partial charge is 0.315 e. The quantitative estimate of drug-likeness (QED) is 0.718. The van der Waals surface area contributed by atoms with Crippen LogP contribution in [0.25, 0.3) is 0 Å². The molecule has 0 aliphatic rings. The van der Waals surface area contributed by atoms with Crippen molar-refractivity contribution in [3.8, 4) is 0 Å². The van der Waals surface area contributed by atoms with Gasteiger partial charge >= 0.3 is 0 Å². The number of hydrogen-bond donors (Lipinski definition) is 2. The third-order valence-electron chi connectivity index (χ3n) is 2.32. The van der Waals surface area contributed by atoms with E-state index in [-0.39, 0.29) is 0 Å². The molecule has 1 aromatic rings. The van der Waals surface area contributed by atoms with Crippen molar-refractivity contribution < 1.29 is 0 Å². The summed E-state index contributed by atoms with van der Waals surface area (Å²) in [6.07, 6.45) is 0. The van der Waals surface area contributed by atoms with Gasteiger partial charge in [0, 0.05) is 24.5 Å². The minimum absolute atomic E-state index is 0.728. The molecular formula is C12H23N3S. The van der Waals surface area contributed by atoms with Gasteiger partial charge in [0.05, 0.1) is 10.7 Å². The molecule has 0 saturated carbocycles. The van der Waals surface area contributed by atoms with Crippen LogP contribution in [0.5, 0.6) is 0 Å². The maximum Gasteiger partial charge on any atom is 0.0900 e. The third-order valence-corrected chi connectivity index (χ3v) is 3.39. The molecule has 0 unspecified atom stereocenters. The van der Waals surface area contributed by atoms with Crippen LogP contribution in [-0.4, -0.2) is 24.6 Å². The summed E-state index contributed by atoms with van der Waals surface area (Å²) in [7, 11) is 0. The molecule has 0 aliphatic carbocycles. The van der Waals surface area contributed by atoms with E-state index < -0.39 is 0 Å². The van der Waals surface area contributed by atoms with Crippen LogP contribution >= 0.6 is 11.3 Å². The fourth-order valence-corrected chi connectivity index (χ4v) is 2.41. The number of aryl methyl sites for hydroxylation is 2. The highest BCUT2D eigenvalue weighted by molar-refractivity contribution is 7.11. The van der Waals surface area contributed by atoms with Crippen molar-refractivity contribution in [2.24, 2.45) is 5.92 Å². The monoisotopic (exact) mass is 241 g/mol. The Balaban J connectivity index is 2.09. The van der Waals surface area contributed by atoms with Crippen LogP contribution in [0.1, 0.15) is 29.4 Å². The van der Waals surface area contributed by atoms with Crippen molar-refractivity contribution in [3.05, 3.63) is 15.6 Å². The van der Waals surface area contributed by atoms with Gasteiger partial charge in [-0.3, -0.25) is 0 Å². The molecule has 1 heterocycles. The molecule has 0 fully saturated rings. The summed E-state index contributed by atoms with van der Waals surface area (Å²) in [5, 5.41) is 8.01. The fourth-order valence-electron chi connectivity index (χ4n) is 1.51. The van der Waals surface area contributed by atoms with Gasteiger partial charge in [-0.1, -0.05) is 13.8 Å². The molecular weight excluding hydrogens is 218 g/mol. The van der Waals surface area contributed by atoms with Crippen LogP contribution in [0, 0.1) is 19.8 Å². The van der Waals surface area contributed by atoms with E-state index in [1.165, 1.54) is 10.6 Å².